The Kier molecular flexibility index (Phi) is 3.95. The monoisotopic (exact) mass is 315 g/mol. The van der Waals surface area contributed by atoms with Crippen molar-refractivity contribution < 1.29 is 19.6 Å². The predicted molar refractivity (Wildman–Crippen MR) is 82.5 cm³/mol. The molecule has 3 atom stereocenters. The lowest BCUT2D eigenvalue weighted by atomic mass is 9.98. The molecular weight excluding hydrogens is 298 g/mol. The summed E-state index contributed by atoms with van der Waals surface area (Å²) in [6, 6.07) is 2.71. The Hall–Kier alpha value is -2.55. The fraction of sp³-hybridized carbons (Fsp3) is 0.471. The number of carboxylic acid groups (broad SMARTS) is 1. The molecule has 1 N–H and O–H groups in total. The molecule has 1 fully saturated rings. The summed E-state index contributed by atoms with van der Waals surface area (Å²) in [6.07, 6.45) is 2.08. The van der Waals surface area contributed by atoms with Gasteiger partial charge in [0.25, 0.3) is 5.69 Å². The quantitative estimate of drug-likeness (QED) is 0.301. The van der Waals surface area contributed by atoms with Crippen LogP contribution < -0.4 is 4.74 Å². The number of carbonyl (C=O) groups is 1. The van der Waals surface area contributed by atoms with Crippen molar-refractivity contribution in [1.82, 2.24) is 0 Å². The molecule has 0 radical (unpaired) electrons. The van der Waals surface area contributed by atoms with Crippen molar-refractivity contribution >= 4 is 11.8 Å². The molecule has 2 aliphatic rings. The van der Waals surface area contributed by atoms with E-state index in [-0.39, 0.29) is 17.4 Å². The number of benzene rings is 1. The Morgan fingerprint density at radius 1 is 1.30 bits per heavy atom. The minimum Gasteiger partial charge on any atom is -0.449 e. The Bertz CT molecular complexity index is 712. The van der Waals surface area contributed by atoms with Gasteiger partial charge in [-0.3, -0.25) is 10.1 Å². The molecule has 1 aromatic rings. The fourth-order valence-corrected chi connectivity index (χ4v) is 3.79. The zero-order valence-corrected chi connectivity index (χ0v) is 12.7. The third-order valence-corrected chi connectivity index (χ3v) is 4.83. The predicted octanol–water partition coefficient (Wildman–Crippen LogP) is 3.87. The van der Waals surface area contributed by atoms with E-state index in [1.54, 1.807) is 6.92 Å². The van der Waals surface area contributed by atoms with Crippen molar-refractivity contribution in [3.05, 3.63) is 33.4 Å². The van der Waals surface area contributed by atoms with E-state index in [4.69, 9.17) is 9.84 Å². The van der Waals surface area contributed by atoms with E-state index in [2.05, 4.69) is 11.8 Å². The highest BCUT2D eigenvalue weighted by molar-refractivity contribution is 5.65. The molecule has 0 heterocycles. The minimum absolute atomic E-state index is 0.0536. The smallest absolute Gasteiger partial charge is 0.449 e. The SMILES string of the molecule is Cc1c(OC(=O)O)ccc([N+](=O)[O-])c1[C@H]1[C@@H]2CCC#CCC[C@@H]21. The van der Waals surface area contributed by atoms with Crippen molar-refractivity contribution in [2.24, 2.45) is 11.8 Å². The van der Waals surface area contributed by atoms with Gasteiger partial charge in [-0.2, -0.15) is 0 Å². The van der Waals surface area contributed by atoms with E-state index < -0.39 is 11.1 Å². The highest BCUT2D eigenvalue weighted by Gasteiger charge is 2.52. The molecule has 3 rings (SSSR count). The standard InChI is InChI=1S/C17H17NO5/c1-10-14(23-17(19)20)9-8-13(18(21)22)15(10)16-11-6-4-2-3-5-7-12(11)16/h8-9,11-12,16H,4-7H2,1H3,(H,19,20)/t11-,12+,16+. The van der Waals surface area contributed by atoms with Gasteiger partial charge in [-0.05, 0) is 43.6 Å². The van der Waals surface area contributed by atoms with Crippen LogP contribution in [0.1, 0.15) is 42.7 Å². The van der Waals surface area contributed by atoms with Crippen LogP contribution in [0.5, 0.6) is 5.75 Å². The fourth-order valence-electron chi connectivity index (χ4n) is 3.79. The van der Waals surface area contributed by atoms with Crippen molar-refractivity contribution in [1.29, 1.82) is 0 Å². The highest BCUT2D eigenvalue weighted by Crippen LogP contribution is 2.61. The Morgan fingerprint density at radius 2 is 1.91 bits per heavy atom. The lowest BCUT2D eigenvalue weighted by molar-refractivity contribution is -0.385. The topological polar surface area (TPSA) is 89.7 Å². The Morgan fingerprint density at radius 3 is 2.43 bits per heavy atom. The van der Waals surface area contributed by atoms with Gasteiger partial charge in [-0.1, -0.05) is 0 Å². The van der Waals surface area contributed by atoms with E-state index in [1.807, 2.05) is 0 Å². The van der Waals surface area contributed by atoms with Crippen molar-refractivity contribution in [2.75, 3.05) is 0 Å². The maximum absolute atomic E-state index is 11.4. The van der Waals surface area contributed by atoms with Crippen LogP contribution >= 0.6 is 0 Å². The number of hydrogen-bond donors (Lipinski definition) is 1. The van der Waals surface area contributed by atoms with Gasteiger partial charge in [0.1, 0.15) is 5.75 Å². The molecule has 23 heavy (non-hydrogen) atoms. The third-order valence-electron chi connectivity index (χ3n) is 4.83. The molecule has 6 heteroatoms. The van der Waals surface area contributed by atoms with Gasteiger partial charge in [0.05, 0.1) is 4.92 Å². The van der Waals surface area contributed by atoms with Gasteiger partial charge in [0, 0.05) is 30.0 Å². The summed E-state index contributed by atoms with van der Waals surface area (Å²) in [5.74, 6) is 7.29. The molecule has 1 saturated carbocycles. The molecule has 6 nitrogen and oxygen atoms in total. The number of fused-ring (bicyclic) bond motifs is 1. The second-order valence-corrected chi connectivity index (χ2v) is 6.03. The number of nitro benzene ring substituents is 1. The van der Waals surface area contributed by atoms with Crippen LogP contribution in [0.3, 0.4) is 0 Å². The minimum atomic E-state index is -1.41. The van der Waals surface area contributed by atoms with Gasteiger partial charge >= 0.3 is 6.16 Å². The van der Waals surface area contributed by atoms with Crippen LogP contribution in [0.15, 0.2) is 12.1 Å². The van der Waals surface area contributed by atoms with Gasteiger partial charge in [0.15, 0.2) is 0 Å². The first-order valence-corrected chi connectivity index (χ1v) is 7.65. The van der Waals surface area contributed by atoms with Crippen LogP contribution in [-0.2, 0) is 0 Å². The lowest BCUT2D eigenvalue weighted by Gasteiger charge is -2.11. The first kappa shape index (κ1) is 15.3. The number of rotatable bonds is 3. The van der Waals surface area contributed by atoms with Crippen LogP contribution in [0.2, 0.25) is 0 Å². The van der Waals surface area contributed by atoms with Gasteiger partial charge in [-0.25, -0.2) is 4.79 Å². The molecule has 120 valence electrons. The Labute approximate surface area is 133 Å². The summed E-state index contributed by atoms with van der Waals surface area (Å²) in [4.78, 5) is 21.8. The average Bonchev–Trinajstić information content (AvgIpc) is 3.10. The summed E-state index contributed by atoms with van der Waals surface area (Å²) in [7, 11) is 0. The lowest BCUT2D eigenvalue weighted by Crippen LogP contribution is -2.07. The van der Waals surface area contributed by atoms with Gasteiger partial charge in [-0.15, -0.1) is 11.8 Å². The first-order valence-electron chi connectivity index (χ1n) is 7.65. The molecule has 0 unspecified atom stereocenters. The van der Waals surface area contributed by atoms with E-state index in [1.165, 1.54) is 12.1 Å². The Balaban J connectivity index is 2.00. The molecule has 0 amide bonds. The summed E-state index contributed by atoms with van der Waals surface area (Å²) in [5.41, 5.74) is 1.24. The van der Waals surface area contributed by atoms with Crippen molar-refractivity contribution in [3.63, 3.8) is 0 Å². The van der Waals surface area contributed by atoms with E-state index in [0.29, 0.717) is 23.0 Å². The number of ether oxygens (including phenoxy) is 1. The van der Waals surface area contributed by atoms with Crippen LogP contribution in [0.4, 0.5) is 10.5 Å². The van der Waals surface area contributed by atoms with Crippen LogP contribution in [0.25, 0.3) is 0 Å². The summed E-state index contributed by atoms with van der Waals surface area (Å²) in [5, 5.41) is 20.2. The molecule has 0 spiro atoms. The molecule has 0 aromatic heterocycles. The van der Waals surface area contributed by atoms with E-state index >= 15 is 0 Å². The summed E-state index contributed by atoms with van der Waals surface area (Å²) >= 11 is 0. The van der Waals surface area contributed by atoms with Crippen LogP contribution in [0, 0.1) is 40.7 Å². The van der Waals surface area contributed by atoms with E-state index in [0.717, 1.165) is 25.7 Å². The molecule has 0 aliphatic heterocycles. The largest absolute Gasteiger partial charge is 0.511 e. The number of hydrogen-bond acceptors (Lipinski definition) is 4. The normalized spacial score (nSPS) is 25.2. The average molecular weight is 315 g/mol. The number of nitrogens with zero attached hydrogens (tertiary/aromatic N) is 1. The molecular formula is C17H17NO5. The molecule has 0 bridgehead atoms. The zero-order chi connectivity index (χ0) is 16.6. The van der Waals surface area contributed by atoms with Crippen molar-refractivity contribution in [3.8, 4) is 17.6 Å². The van der Waals surface area contributed by atoms with E-state index in [9.17, 15) is 14.9 Å². The molecule has 0 saturated heterocycles. The van der Waals surface area contributed by atoms with Gasteiger partial charge in [0.2, 0.25) is 0 Å². The van der Waals surface area contributed by atoms with Crippen molar-refractivity contribution in [2.45, 2.75) is 38.5 Å². The zero-order valence-electron chi connectivity index (χ0n) is 12.7. The maximum atomic E-state index is 11.4. The maximum Gasteiger partial charge on any atom is 0.511 e. The van der Waals surface area contributed by atoms with Crippen LogP contribution in [-0.4, -0.2) is 16.2 Å². The molecule has 1 aromatic carbocycles. The second kappa shape index (κ2) is 5.92. The summed E-state index contributed by atoms with van der Waals surface area (Å²) in [6.45, 7) is 1.70. The number of nitro groups is 1. The summed E-state index contributed by atoms with van der Waals surface area (Å²) < 4.78 is 4.77. The molecule has 2 aliphatic carbocycles. The van der Waals surface area contributed by atoms with Gasteiger partial charge < -0.3 is 9.84 Å². The third kappa shape index (κ3) is 2.87. The second-order valence-electron chi connectivity index (χ2n) is 6.03. The first-order chi connectivity index (χ1) is 11.0. The highest BCUT2D eigenvalue weighted by atomic mass is 16.7.